The molecule has 282 valence electrons. The lowest BCUT2D eigenvalue weighted by atomic mass is 10.0. The number of hydrogen-bond acceptors (Lipinski definition) is 5. The number of carbonyl (C=O) groups is 1. The van der Waals surface area contributed by atoms with E-state index in [4.69, 9.17) is 9.05 Å². The molecule has 0 aliphatic heterocycles. The highest BCUT2D eigenvalue weighted by molar-refractivity contribution is 7.47. The molecule has 3 N–H and O–H groups in total. The van der Waals surface area contributed by atoms with Crippen LogP contribution < -0.4 is 5.32 Å². The molecule has 0 aliphatic carbocycles. The third-order valence-corrected chi connectivity index (χ3v) is 10.1. The summed E-state index contributed by atoms with van der Waals surface area (Å²) in [5, 5.41) is 13.7. The molecule has 0 aromatic carbocycles. The number of nitrogens with one attached hydrogen (secondary N) is 1. The van der Waals surface area contributed by atoms with Crippen molar-refractivity contribution < 1.29 is 32.9 Å². The highest BCUT2D eigenvalue weighted by Gasteiger charge is 2.28. The molecule has 0 aliphatic rings. The van der Waals surface area contributed by atoms with Gasteiger partial charge in [0.05, 0.1) is 39.9 Å². The zero-order chi connectivity index (χ0) is 35.1. The van der Waals surface area contributed by atoms with Crippen molar-refractivity contribution in [3.05, 3.63) is 0 Å². The summed E-state index contributed by atoms with van der Waals surface area (Å²) in [6.45, 7) is 4.72. The van der Waals surface area contributed by atoms with E-state index in [0.29, 0.717) is 23.9 Å². The Morgan fingerprint density at radius 2 is 1.02 bits per heavy atom. The highest BCUT2D eigenvalue weighted by atomic mass is 31.2. The smallest absolute Gasteiger partial charge is 0.391 e. The summed E-state index contributed by atoms with van der Waals surface area (Å²) < 4.78 is 23.3. The fourth-order valence-electron chi connectivity index (χ4n) is 5.87. The molecular formula is C38H80N2O6P+. The Hall–Kier alpha value is -0.500. The lowest BCUT2D eigenvalue weighted by Gasteiger charge is -2.26. The second kappa shape index (κ2) is 31.5. The molecule has 0 aromatic heterocycles. The number of unbranched alkanes of at least 4 members (excludes halogenated alkanes) is 23. The number of amides is 1. The Morgan fingerprint density at radius 1 is 0.638 bits per heavy atom. The number of nitrogens with zero attached hydrogens (tertiary/aromatic N) is 1. The molecule has 8 nitrogen and oxygen atoms in total. The number of rotatable bonds is 36. The monoisotopic (exact) mass is 692 g/mol. The van der Waals surface area contributed by atoms with Crippen molar-refractivity contribution in [3.63, 3.8) is 0 Å². The van der Waals surface area contributed by atoms with Gasteiger partial charge in [-0.1, -0.05) is 168 Å². The Balaban J connectivity index is 3.98. The maximum absolute atomic E-state index is 12.5. The van der Waals surface area contributed by atoms with Crippen LogP contribution in [0.3, 0.4) is 0 Å². The van der Waals surface area contributed by atoms with Crippen LogP contribution in [0.2, 0.25) is 0 Å². The molecule has 0 radical (unpaired) electrons. The van der Waals surface area contributed by atoms with Crippen molar-refractivity contribution in [2.45, 2.75) is 199 Å². The summed E-state index contributed by atoms with van der Waals surface area (Å²) in [6.07, 6.45) is 32.1. The van der Waals surface area contributed by atoms with E-state index in [2.05, 4.69) is 19.2 Å². The van der Waals surface area contributed by atoms with Crippen LogP contribution in [0.15, 0.2) is 0 Å². The van der Waals surface area contributed by atoms with Gasteiger partial charge in [0.25, 0.3) is 0 Å². The third-order valence-electron chi connectivity index (χ3n) is 9.11. The maximum Gasteiger partial charge on any atom is 0.472 e. The Kier molecular flexibility index (Phi) is 31.1. The molecular weight excluding hydrogens is 611 g/mol. The normalized spacial score (nSPS) is 14.6. The summed E-state index contributed by atoms with van der Waals surface area (Å²) in [6, 6.07) is -0.749. The van der Waals surface area contributed by atoms with Crippen molar-refractivity contribution in [1.82, 2.24) is 5.32 Å². The van der Waals surface area contributed by atoms with Crippen LogP contribution in [0.5, 0.6) is 0 Å². The van der Waals surface area contributed by atoms with Gasteiger partial charge in [-0.05, 0) is 12.8 Å². The van der Waals surface area contributed by atoms with Gasteiger partial charge in [0.2, 0.25) is 5.91 Å². The zero-order valence-electron chi connectivity index (χ0n) is 31.8. The minimum Gasteiger partial charge on any atom is -0.391 e. The molecule has 0 fully saturated rings. The number of aliphatic hydroxyl groups excluding tert-OH is 1. The molecule has 0 aromatic rings. The van der Waals surface area contributed by atoms with E-state index in [9.17, 15) is 19.4 Å². The molecule has 0 saturated carbocycles. The van der Waals surface area contributed by atoms with Crippen molar-refractivity contribution in [3.8, 4) is 0 Å². The number of phosphoric ester groups is 1. The minimum absolute atomic E-state index is 0.0767. The van der Waals surface area contributed by atoms with E-state index in [-0.39, 0.29) is 19.1 Å². The molecule has 0 spiro atoms. The van der Waals surface area contributed by atoms with Crippen molar-refractivity contribution >= 4 is 13.7 Å². The largest absolute Gasteiger partial charge is 0.472 e. The molecule has 0 saturated heterocycles. The fraction of sp³-hybridized carbons (Fsp3) is 0.974. The van der Waals surface area contributed by atoms with Crippen LogP contribution in [0.25, 0.3) is 0 Å². The van der Waals surface area contributed by atoms with Gasteiger partial charge in [-0.15, -0.1) is 0 Å². The maximum atomic E-state index is 12.5. The summed E-state index contributed by atoms with van der Waals surface area (Å²) in [5.41, 5.74) is 0. The van der Waals surface area contributed by atoms with Crippen molar-refractivity contribution in [1.29, 1.82) is 0 Å². The highest BCUT2D eigenvalue weighted by Crippen LogP contribution is 2.43. The average Bonchev–Trinajstić information content (AvgIpc) is 3.01. The van der Waals surface area contributed by atoms with Gasteiger partial charge in [-0.25, -0.2) is 4.57 Å². The Labute approximate surface area is 291 Å². The first kappa shape index (κ1) is 46.5. The van der Waals surface area contributed by atoms with E-state index in [1.165, 1.54) is 122 Å². The topological polar surface area (TPSA) is 105 Å². The van der Waals surface area contributed by atoms with Crippen LogP contribution in [-0.4, -0.2) is 73.4 Å². The molecule has 1 amide bonds. The number of phosphoric acid groups is 1. The average molecular weight is 692 g/mol. The van der Waals surface area contributed by atoms with Crippen molar-refractivity contribution in [2.75, 3.05) is 40.9 Å². The lowest BCUT2D eigenvalue weighted by Crippen LogP contribution is -2.46. The predicted octanol–water partition coefficient (Wildman–Crippen LogP) is 10.2. The minimum atomic E-state index is -4.28. The second-order valence-corrected chi connectivity index (χ2v) is 16.5. The zero-order valence-corrected chi connectivity index (χ0v) is 32.7. The number of carbonyl (C=O) groups excluding carboxylic acids is 1. The standard InChI is InChI=1S/C38H79N2O6P/c1-6-8-10-11-12-13-14-15-16-17-18-19-20-21-22-23-24-25-26-27-28-30-31-37(41)36(39-38(42)32-29-9-7-2)35-46-47(43,44)45-34-33-40(3,4)5/h36-37,41H,6-35H2,1-5H3,(H-,39,42,43,44)/p+1. The van der Waals surface area contributed by atoms with Gasteiger partial charge in [0, 0.05) is 6.42 Å². The van der Waals surface area contributed by atoms with Gasteiger partial charge < -0.3 is 19.8 Å². The van der Waals surface area contributed by atoms with E-state index in [1.54, 1.807) is 0 Å². The Morgan fingerprint density at radius 3 is 1.43 bits per heavy atom. The first-order valence-corrected chi connectivity index (χ1v) is 21.4. The van der Waals surface area contributed by atoms with Crippen LogP contribution in [0.4, 0.5) is 0 Å². The molecule has 3 unspecified atom stereocenters. The molecule has 47 heavy (non-hydrogen) atoms. The number of likely N-dealkylation sites (N-methyl/N-ethyl adjacent to an activating group) is 1. The second-order valence-electron chi connectivity index (χ2n) is 15.0. The van der Waals surface area contributed by atoms with Crippen LogP contribution in [-0.2, 0) is 18.4 Å². The van der Waals surface area contributed by atoms with E-state index >= 15 is 0 Å². The SMILES string of the molecule is CCCCCCCCCCCCCCCCCCCCCCCCC(O)C(COP(=O)(O)OCC[N+](C)(C)C)NC(=O)CCCCC. The first-order chi connectivity index (χ1) is 22.5. The number of aliphatic hydroxyl groups is 1. The van der Waals surface area contributed by atoms with Gasteiger partial charge in [-0.2, -0.15) is 0 Å². The van der Waals surface area contributed by atoms with Crippen LogP contribution in [0, 0.1) is 0 Å². The number of quaternary nitrogens is 1. The van der Waals surface area contributed by atoms with Crippen LogP contribution >= 0.6 is 7.82 Å². The van der Waals surface area contributed by atoms with Gasteiger partial charge in [-0.3, -0.25) is 13.8 Å². The molecule has 0 rings (SSSR count). The number of hydrogen-bond donors (Lipinski definition) is 3. The van der Waals surface area contributed by atoms with E-state index < -0.39 is 20.0 Å². The quantitative estimate of drug-likeness (QED) is 0.0343. The van der Waals surface area contributed by atoms with E-state index in [0.717, 1.165) is 38.5 Å². The van der Waals surface area contributed by atoms with Gasteiger partial charge >= 0.3 is 7.82 Å². The van der Waals surface area contributed by atoms with E-state index in [1.807, 2.05) is 21.1 Å². The fourth-order valence-corrected chi connectivity index (χ4v) is 6.60. The van der Waals surface area contributed by atoms with Crippen LogP contribution in [0.1, 0.15) is 187 Å². The summed E-state index contributed by atoms with van der Waals surface area (Å²) in [4.78, 5) is 22.6. The predicted molar refractivity (Wildman–Crippen MR) is 199 cm³/mol. The third kappa shape index (κ3) is 33.8. The molecule has 0 bridgehead atoms. The van der Waals surface area contributed by atoms with Gasteiger partial charge in [0.15, 0.2) is 0 Å². The molecule has 3 atom stereocenters. The summed E-state index contributed by atoms with van der Waals surface area (Å²) in [7, 11) is 1.62. The first-order valence-electron chi connectivity index (χ1n) is 19.9. The van der Waals surface area contributed by atoms with Gasteiger partial charge in [0.1, 0.15) is 13.2 Å². The summed E-state index contributed by atoms with van der Waals surface area (Å²) >= 11 is 0. The van der Waals surface area contributed by atoms with Crippen molar-refractivity contribution in [2.24, 2.45) is 0 Å². The lowest BCUT2D eigenvalue weighted by molar-refractivity contribution is -0.870. The molecule has 9 heteroatoms. The summed E-state index contributed by atoms with van der Waals surface area (Å²) in [5.74, 6) is -0.168. The Bertz CT molecular complexity index is 748. The molecule has 0 heterocycles.